The molecule has 0 heterocycles. The fourth-order valence-corrected chi connectivity index (χ4v) is 2.50. The number of nitrogens with one attached hydrogen (secondary N) is 1. The Balaban J connectivity index is 1.72. The van der Waals surface area contributed by atoms with Gasteiger partial charge in [-0.2, -0.15) is 0 Å². The fourth-order valence-electron chi connectivity index (χ4n) is 2.50. The highest BCUT2D eigenvalue weighted by molar-refractivity contribution is 5.33. The highest BCUT2D eigenvalue weighted by Crippen LogP contribution is 2.26. The van der Waals surface area contributed by atoms with Crippen LogP contribution in [0.15, 0.2) is 24.3 Å². The Kier molecular flexibility index (Phi) is 5.67. The minimum absolute atomic E-state index is 0.768. The van der Waals surface area contributed by atoms with Crippen molar-refractivity contribution in [3.63, 3.8) is 0 Å². The quantitative estimate of drug-likeness (QED) is 0.779. The van der Waals surface area contributed by atoms with E-state index in [0.717, 1.165) is 31.4 Å². The number of nitrogens with zero attached hydrogens (tertiary/aromatic N) is 1. The third-order valence-electron chi connectivity index (χ3n) is 3.87. The van der Waals surface area contributed by atoms with Gasteiger partial charge in [0.05, 0.1) is 0 Å². The van der Waals surface area contributed by atoms with Crippen LogP contribution >= 0.6 is 0 Å². The molecule has 0 aromatic heterocycles. The van der Waals surface area contributed by atoms with Gasteiger partial charge < -0.3 is 15.0 Å². The number of hydrogen-bond acceptors (Lipinski definition) is 3. The molecule has 1 aliphatic carbocycles. The van der Waals surface area contributed by atoms with Crippen LogP contribution in [0.5, 0.6) is 5.75 Å². The van der Waals surface area contributed by atoms with Gasteiger partial charge in [0.1, 0.15) is 12.4 Å². The normalized spacial score (nSPS) is 15.5. The van der Waals surface area contributed by atoms with Crippen molar-refractivity contribution in [2.24, 2.45) is 5.92 Å². The third-order valence-corrected chi connectivity index (χ3v) is 3.87. The van der Waals surface area contributed by atoms with E-state index < -0.39 is 0 Å². The molecule has 1 aliphatic rings. The minimum atomic E-state index is 0.768. The van der Waals surface area contributed by atoms with E-state index in [2.05, 4.69) is 35.5 Å². The Morgan fingerprint density at radius 2 is 2.11 bits per heavy atom. The molecule has 0 spiro atoms. The molecule has 1 aromatic carbocycles. The highest BCUT2D eigenvalue weighted by atomic mass is 16.5. The highest BCUT2D eigenvalue weighted by Gasteiger charge is 2.18. The maximum absolute atomic E-state index is 5.91. The zero-order valence-corrected chi connectivity index (χ0v) is 12.2. The lowest BCUT2D eigenvalue weighted by Crippen LogP contribution is -2.32. The summed E-state index contributed by atoms with van der Waals surface area (Å²) in [6.07, 6.45) is 4.25. The summed E-state index contributed by atoms with van der Waals surface area (Å²) in [7, 11) is 4.16. The Labute approximate surface area is 116 Å². The van der Waals surface area contributed by atoms with E-state index in [1.165, 1.54) is 31.4 Å². The average molecular weight is 262 g/mol. The Morgan fingerprint density at radius 3 is 2.79 bits per heavy atom. The molecule has 3 nitrogen and oxygen atoms in total. The second kappa shape index (κ2) is 7.51. The van der Waals surface area contributed by atoms with Gasteiger partial charge in [-0.3, -0.25) is 0 Å². The van der Waals surface area contributed by atoms with Gasteiger partial charge in [-0.15, -0.1) is 0 Å². The van der Waals surface area contributed by atoms with Gasteiger partial charge in [0.15, 0.2) is 0 Å². The summed E-state index contributed by atoms with van der Waals surface area (Å²) in [6.45, 7) is 3.85. The molecule has 0 unspecified atom stereocenters. The molecule has 2 rings (SSSR count). The minimum Gasteiger partial charge on any atom is -0.492 e. The molecule has 0 bridgehead atoms. The largest absolute Gasteiger partial charge is 0.492 e. The van der Waals surface area contributed by atoms with Gasteiger partial charge >= 0.3 is 0 Å². The first kappa shape index (κ1) is 14.4. The fraction of sp³-hybridized carbons (Fsp3) is 0.625. The summed E-state index contributed by atoms with van der Waals surface area (Å²) in [6, 6.07) is 8.26. The van der Waals surface area contributed by atoms with E-state index in [4.69, 9.17) is 4.74 Å². The maximum Gasteiger partial charge on any atom is 0.123 e. The van der Waals surface area contributed by atoms with Gasteiger partial charge in [0.2, 0.25) is 0 Å². The maximum atomic E-state index is 5.91. The second-order valence-corrected chi connectivity index (χ2v) is 5.55. The number of likely N-dealkylation sites (N-methyl/N-ethyl adjacent to an activating group) is 1. The van der Waals surface area contributed by atoms with E-state index in [1.807, 2.05) is 13.1 Å². The smallest absolute Gasteiger partial charge is 0.123 e. The Hall–Kier alpha value is -1.06. The van der Waals surface area contributed by atoms with Crippen molar-refractivity contribution in [3.8, 4) is 5.75 Å². The number of benzene rings is 1. The number of para-hydroxylation sites is 1. The van der Waals surface area contributed by atoms with Crippen LogP contribution in [0.4, 0.5) is 0 Å². The standard InChI is InChI=1S/C16H26N2O/c1-17-12-15-8-3-4-9-16(15)19-11-10-18(2)13-14-6-5-7-14/h3-4,8-9,14,17H,5-7,10-13H2,1-2H3. The monoisotopic (exact) mass is 262 g/mol. The van der Waals surface area contributed by atoms with Crippen LogP contribution in [0.1, 0.15) is 24.8 Å². The van der Waals surface area contributed by atoms with Crippen molar-refractivity contribution in [1.82, 2.24) is 10.2 Å². The van der Waals surface area contributed by atoms with Gasteiger partial charge in [-0.05, 0) is 38.9 Å². The molecule has 1 fully saturated rings. The number of rotatable bonds is 8. The SMILES string of the molecule is CNCc1ccccc1OCCN(C)CC1CCC1. The molecule has 0 radical (unpaired) electrons. The molecule has 19 heavy (non-hydrogen) atoms. The zero-order valence-electron chi connectivity index (χ0n) is 12.2. The van der Waals surface area contributed by atoms with E-state index in [9.17, 15) is 0 Å². The van der Waals surface area contributed by atoms with E-state index in [0.29, 0.717) is 0 Å². The van der Waals surface area contributed by atoms with Crippen molar-refractivity contribution >= 4 is 0 Å². The van der Waals surface area contributed by atoms with Crippen molar-refractivity contribution in [2.45, 2.75) is 25.8 Å². The van der Waals surface area contributed by atoms with Crippen LogP contribution in [0.25, 0.3) is 0 Å². The second-order valence-electron chi connectivity index (χ2n) is 5.55. The molecule has 0 amide bonds. The van der Waals surface area contributed by atoms with Gasteiger partial charge in [0.25, 0.3) is 0 Å². The lowest BCUT2D eigenvalue weighted by atomic mass is 9.85. The van der Waals surface area contributed by atoms with E-state index >= 15 is 0 Å². The first-order chi connectivity index (χ1) is 9.29. The van der Waals surface area contributed by atoms with Crippen LogP contribution in [-0.4, -0.2) is 38.7 Å². The van der Waals surface area contributed by atoms with Gasteiger partial charge in [-0.1, -0.05) is 24.6 Å². The summed E-state index contributed by atoms with van der Waals surface area (Å²) in [5.74, 6) is 1.94. The van der Waals surface area contributed by atoms with Crippen LogP contribution in [-0.2, 0) is 6.54 Å². The summed E-state index contributed by atoms with van der Waals surface area (Å²) in [4.78, 5) is 2.39. The molecule has 106 valence electrons. The average Bonchev–Trinajstić information content (AvgIpc) is 2.36. The first-order valence-electron chi connectivity index (χ1n) is 7.33. The summed E-state index contributed by atoms with van der Waals surface area (Å²) < 4.78 is 5.91. The number of ether oxygens (including phenoxy) is 1. The van der Waals surface area contributed by atoms with Crippen LogP contribution in [0, 0.1) is 5.92 Å². The van der Waals surface area contributed by atoms with Crippen molar-refractivity contribution in [1.29, 1.82) is 0 Å². The van der Waals surface area contributed by atoms with E-state index in [-0.39, 0.29) is 0 Å². The van der Waals surface area contributed by atoms with Gasteiger partial charge in [-0.25, -0.2) is 0 Å². The van der Waals surface area contributed by atoms with Crippen LogP contribution < -0.4 is 10.1 Å². The molecular weight excluding hydrogens is 236 g/mol. The molecular formula is C16H26N2O. The first-order valence-corrected chi connectivity index (χ1v) is 7.33. The van der Waals surface area contributed by atoms with Crippen molar-refractivity contribution in [2.75, 3.05) is 33.8 Å². The molecule has 3 heteroatoms. The summed E-state index contributed by atoms with van der Waals surface area (Å²) in [5.41, 5.74) is 1.23. The third kappa shape index (κ3) is 4.51. The predicted molar refractivity (Wildman–Crippen MR) is 79.5 cm³/mol. The lowest BCUT2D eigenvalue weighted by molar-refractivity contribution is 0.177. The Bertz CT molecular complexity index is 377. The van der Waals surface area contributed by atoms with Gasteiger partial charge in [0, 0.05) is 25.2 Å². The van der Waals surface area contributed by atoms with Crippen LogP contribution in [0.3, 0.4) is 0 Å². The molecule has 0 saturated heterocycles. The molecule has 1 aromatic rings. The molecule has 1 N–H and O–H groups in total. The van der Waals surface area contributed by atoms with Crippen molar-refractivity contribution in [3.05, 3.63) is 29.8 Å². The molecule has 0 aliphatic heterocycles. The molecule has 1 saturated carbocycles. The predicted octanol–water partition coefficient (Wildman–Crippen LogP) is 2.52. The Morgan fingerprint density at radius 1 is 1.32 bits per heavy atom. The zero-order chi connectivity index (χ0) is 13.5. The molecule has 0 atom stereocenters. The summed E-state index contributed by atoms with van der Waals surface area (Å²) >= 11 is 0. The van der Waals surface area contributed by atoms with E-state index in [1.54, 1.807) is 0 Å². The lowest BCUT2D eigenvalue weighted by Gasteiger charge is -2.30. The topological polar surface area (TPSA) is 24.5 Å². The number of hydrogen-bond donors (Lipinski definition) is 1. The summed E-state index contributed by atoms with van der Waals surface area (Å²) in [5, 5.41) is 3.17. The van der Waals surface area contributed by atoms with Crippen molar-refractivity contribution < 1.29 is 4.74 Å². The van der Waals surface area contributed by atoms with Crippen LogP contribution in [0.2, 0.25) is 0 Å².